The third-order valence-electron chi connectivity index (χ3n) is 3.47. The van der Waals surface area contributed by atoms with Crippen LogP contribution in [-0.2, 0) is 22.3 Å². The van der Waals surface area contributed by atoms with Crippen molar-refractivity contribution >= 4 is 21.7 Å². The number of ether oxygens (including phenoxy) is 1. The van der Waals surface area contributed by atoms with Crippen LogP contribution in [0.25, 0.3) is 0 Å². The van der Waals surface area contributed by atoms with E-state index in [4.69, 9.17) is 4.74 Å². The number of sulfonamides is 1. The third kappa shape index (κ3) is 6.09. The van der Waals surface area contributed by atoms with E-state index in [-0.39, 0.29) is 11.8 Å². The zero-order valence-electron chi connectivity index (χ0n) is 14.1. The van der Waals surface area contributed by atoms with Gasteiger partial charge in [-0.3, -0.25) is 0 Å². The summed E-state index contributed by atoms with van der Waals surface area (Å²) < 4.78 is 30.4. The van der Waals surface area contributed by atoms with Crippen molar-refractivity contribution in [1.82, 2.24) is 10.0 Å². The lowest BCUT2D eigenvalue weighted by Gasteiger charge is -2.09. The molecule has 0 aliphatic rings. The predicted octanol–water partition coefficient (Wildman–Crippen LogP) is 2.07. The summed E-state index contributed by atoms with van der Waals surface area (Å²) in [5.41, 5.74) is 2.18. The monoisotopic (exact) mass is 363 g/mol. The maximum atomic E-state index is 11.9. The van der Waals surface area contributed by atoms with Gasteiger partial charge in [0, 0.05) is 18.3 Å². The Bertz CT molecular complexity index is 820. The van der Waals surface area contributed by atoms with Crippen molar-refractivity contribution in [3.63, 3.8) is 0 Å². The third-order valence-corrected chi connectivity index (χ3v) is 4.81. The molecular formula is C17H21N3O4S. The fourth-order valence-corrected chi connectivity index (χ4v) is 2.88. The lowest BCUT2D eigenvalue weighted by atomic mass is 10.1. The molecule has 134 valence electrons. The standard InChI is InChI=1S/C17H21N3O4S/c1-18-25(22,23)12-14-8-6-13(7-9-14)11-19-17(21)20-15-4-3-5-16(10-15)24-2/h3-10,18H,11-12H2,1-2H3,(H2,19,20,21). The Morgan fingerprint density at radius 3 is 2.40 bits per heavy atom. The lowest BCUT2D eigenvalue weighted by molar-refractivity contribution is 0.251. The van der Waals surface area contributed by atoms with Gasteiger partial charge in [-0.05, 0) is 30.3 Å². The Kier molecular flexibility index (Phi) is 6.37. The second-order valence-electron chi connectivity index (χ2n) is 5.32. The maximum Gasteiger partial charge on any atom is 0.319 e. The van der Waals surface area contributed by atoms with Crippen molar-refractivity contribution in [2.45, 2.75) is 12.3 Å². The fourth-order valence-electron chi connectivity index (χ4n) is 2.10. The molecule has 0 fully saturated rings. The molecule has 0 radical (unpaired) electrons. The van der Waals surface area contributed by atoms with Gasteiger partial charge in [-0.15, -0.1) is 0 Å². The van der Waals surface area contributed by atoms with Crippen molar-refractivity contribution in [1.29, 1.82) is 0 Å². The van der Waals surface area contributed by atoms with Gasteiger partial charge in [0.15, 0.2) is 0 Å². The molecule has 0 bridgehead atoms. The molecule has 0 saturated carbocycles. The number of benzene rings is 2. The zero-order valence-corrected chi connectivity index (χ0v) is 14.9. The van der Waals surface area contributed by atoms with E-state index in [0.717, 1.165) is 5.56 Å². The summed E-state index contributed by atoms with van der Waals surface area (Å²) in [5, 5.41) is 5.46. The molecule has 7 nitrogen and oxygen atoms in total. The number of nitrogens with one attached hydrogen (secondary N) is 3. The van der Waals surface area contributed by atoms with Gasteiger partial charge in [0.2, 0.25) is 10.0 Å². The van der Waals surface area contributed by atoms with Gasteiger partial charge in [0.1, 0.15) is 5.75 Å². The van der Waals surface area contributed by atoms with Gasteiger partial charge >= 0.3 is 6.03 Å². The Labute approximate surface area is 147 Å². The van der Waals surface area contributed by atoms with Crippen molar-refractivity contribution in [2.24, 2.45) is 0 Å². The number of urea groups is 1. The molecule has 0 spiro atoms. The van der Waals surface area contributed by atoms with E-state index in [1.165, 1.54) is 7.05 Å². The molecule has 3 N–H and O–H groups in total. The Morgan fingerprint density at radius 1 is 1.08 bits per heavy atom. The van der Waals surface area contributed by atoms with E-state index in [1.54, 1.807) is 55.6 Å². The van der Waals surface area contributed by atoms with Crippen LogP contribution in [0.3, 0.4) is 0 Å². The van der Waals surface area contributed by atoms with Crippen LogP contribution in [0.4, 0.5) is 10.5 Å². The zero-order chi connectivity index (χ0) is 18.3. The average Bonchev–Trinajstić information content (AvgIpc) is 2.61. The highest BCUT2D eigenvalue weighted by Crippen LogP contribution is 2.16. The molecule has 0 aromatic heterocycles. The van der Waals surface area contributed by atoms with Gasteiger partial charge in [-0.25, -0.2) is 17.9 Å². The topological polar surface area (TPSA) is 96.5 Å². The number of hydrogen-bond acceptors (Lipinski definition) is 4. The van der Waals surface area contributed by atoms with Gasteiger partial charge < -0.3 is 15.4 Å². The summed E-state index contributed by atoms with van der Waals surface area (Å²) in [6, 6.07) is 13.7. The van der Waals surface area contributed by atoms with Crippen molar-refractivity contribution in [3.05, 3.63) is 59.7 Å². The number of methoxy groups -OCH3 is 1. The first-order valence-electron chi connectivity index (χ1n) is 7.60. The SMILES string of the molecule is CNS(=O)(=O)Cc1ccc(CNC(=O)Nc2cccc(OC)c2)cc1. The van der Waals surface area contributed by atoms with E-state index in [2.05, 4.69) is 15.4 Å². The van der Waals surface area contributed by atoms with Crippen LogP contribution in [-0.4, -0.2) is 28.6 Å². The van der Waals surface area contributed by atoms with Gasteiger partial charge in [-0.2, -0.15) is 0 Å². The molecular weight excluding hydrogens is 342 g/mol. The average molecular weight is 363 g/mol. The lowest BCUT2D eigenvalue weighted by Crippen LogP contribution is -2.28. The molecule has 25 heavy (non-hydrogen) atoms. The molecule has 2 aromatic rings. The van der Waals surface area contributed by atoms with Crippen molar-refractivity contribution in [3.8, 4) is 5.75 Å². The van der Waals surface area contributed by atoms with Crippen LogP contribution in [0.5, 0.6) is 5.75 Å². The first-order valence-corrected chi connectivity index (χ1v) is 9.25. The minimum Gasteiger partial charge on any atom is -0.497 e. The van der Waals surface area contributed by atoms with Crippen LogP contribution in [0.1, 0.15) is 11.1 Å². The molecule has 0 saturated heterocycles. The summed E-state index contributed by atoms with van der Waals surface area (Å²) in [6.45, 7) is 0.328. The van der Waals surface area contributed by atoms with Crippen LogP contribution in [0, 0.1) is 0 Å². The van der Waals surface area contributed by atoms with Crippen molar-refractivity contribution < 1.29 is 17.9 Å². The highest BCUT2D eigenvalue weighted by molar-refractivity contribution is 7.88. The van der Waals surface area contributed by atoms with E-state index in [9.17, 15) is 13.2 Å². The molecule has 0 atom stereocenters. The van der Waals surface area contributed by atoms with Gasteiger partial charge in [0.25, 0.3) is 0 Å². The van der Waals surface area contributed by atoms with E-state index in [0.29, 0.717) is 23.5 Å². The van der Waals surface area contributed by atoms with Crippen LogP contribution in [0.2, 0.25) is 0 Å². The highest BCUT2D eigenvalue weighted by Gasteiger charge is 2.08. The van der Waals surface area contributed by atoms with Crippen LogP contribution < -0.4 is 20.1 Å². The van der Waals surface area contributed by atoms with E-state index < -0.39 is 10.0 Å². The number of amides is 2. The highest BCUT2D eigenvalue weighted by atomic mass is 32.2. The van der Waals surface area contributed by atoms with Crippen LogP contribution in [0.15, 0.2) is 48.5 Å². The minimum atomic E-state index is -3.29. The second-order valence-corrected chi connectivity index (χ2v) is 7.25. The fraction of sp³-hybridized carbons (Fsp3) is 0.235. The first-order chi connectivity index (χ1) is 11.9. The smallest absolute Gasteiger partial charge is 0.319 e. The molecule has 2 rings (SSSR count). The Hall–Kier alpha value is -2.58. The minimum absolute atomic E-state index is 0.0759. The molecule has 2 aromatic carbocycles. The molecule has 0 aliphatic heterocycles. The van der Waals surface area contributed by atoms with E-state index in [1.807, 2.05) is 0 Å². The number of carbonyl (C=O) groups excluding carboxylic acids is 1. The molecule has 2 amide bonds. The quantitative estimate of drug-likeness (QED) is 0.701. The predicted molar refractivity (Wildman–Crippen MR) is 97.0 cm³/mol. The normalized spacial score (nSPS) is 11.0. The summed E-state index contributed by atoms with van der Waals surface area (Å²) in [5.74, 6) is 0.581. The number of carbonyl (C=O) groups is 1. The number of anilines is 1. The Morgan fingerprint density at radius 2 is 1.76 bits per heavy atom. The van der Waals surface area contributed by atoms with Gasteiger partial charge in [0.05, 0.1) is 12.9 Å². The molecule has 0 aliphatic carbocycles. The molecule has 0 heterocycles. The second kappa shape index (κ2) is 8.50. The molecule has 0 unspecified atom stereocenters. The number of rotatable bonds is 7. The Balaban J connectivity index is 1.87. The first kappa shape index (κ1) is 18.8. The summed E-state index contributed by atoms with van der Waals surface area (Å²) >= 11 is 0. The molecule has 8 heteroatoms. The summed E-state index contributed by atoms with van der Waals surface area (Å²) in [6.07, 6.45) is 0. The largest absolute Gasteiger partial charge is 0.497 e. The van der Waals surface area contributed by atoms with Gasteiger partial charge in [-0.1, -0.05) is 30.3 Å². The number of hydrogen-bond donors (Lipinski definition) is 3. The maximum absolute atomic E-state index is 11.9. The van der Waals surface area contributed by atoms with Crippen LogP contribution >= 0.6 is 0 Å². The van der Waals surface area contributed by atoms with Crippen molar-refractivity contribution in [2.75, 3.05) is 19.5 Å². The van der Waals surface area contributed by atoms with E-state index >= 15 is 0 Å². The summed E-state index contributed by atoms with van der Waals surface area (Å²) in [7, 11) is -0.348. The summed E-state index contributed by atoms with van der Waals surface area (Å²) in [4.78, 5) is 11.9.